The van der Waals surface area contributed by atoms with Crippen LogP contribution >= 0.6 is 0 Å². The van der Waals surface area contributed by atoms with Gasteiger partial charge in [0.1, 0.15) is 73.8 Å². The van der Waals surface area contributed by atoms with Crippen molar-refractivity contribution in [1.29, 1.82) is 0 Å². The van der Waals surface area contributed by atoms with E-state index in [-0.39, 0.29) is 13.0 Å². The highest BCUT2D eigenvalue weighted by atomic mass is 16.8. The molecule has 390 valence electrons. The average Bonchev–Trinajstić information content (AvgIpc) is 3.35. The fourth-order valence-corrected chi connectivity index (χ4v) is 9.75. The predicted molar refractivity (Wildman–Crippen MR) is 226 cm³/mol. The van der Waals surface area contributed by atoms with E-state index in [1.54, 1.807) is 44.2 Å². The van der Waals surface area contributed by atoms with Gasteiger partial charge in [-0.2, -0.15) is 0 Å². The predicted octanol–water partition coefficient (Wildman–Crippen LogP) is -0.941. The highest BCUT2D eigenvalue weighted by Crippen LogP contribution is 2.46. The lowest BCUT2D eigenvalue weighted by Crippen LogP contribution is -2.78. The summed E-state index contributed by atoms with van der Waals surface area (Å²) >= 11 is 0. The van der Waals surface area contributed by atoms with Crippen molar-refractivity contribution in [2.45, 2.75) is 156 Å². The van der Waals surface area contributed by atoms with Crippen LogP contribution in [0, 0.1) is 5.92 Å². The van der Waals surface area contributed by atoms with Crippen LogP contribution in [0.1, 0.15) is 39.7 Å². The number of carbonyl (C=O) groups is 4. The van der Waals surface area contributed by atoms with Crippen molar-refractivity contribution >= 4 is 23.9 Å². The van der Waals surface area contributed by atoms with Crippen molar-refractivity contribution in [2.75, 3.05) is 62.5 Å². The Labute approximate surface area is 399 Å². The summed E-state index contributed by atoms with van der Waals surface area (Å²) in [7, 11) is 7.69. The van der Waals surface area contributed by atoms with E-state index in [2.05, 4.69) is 0 Å². The maximum absolute atomic E-state index is 14.1. The molecule has 20 atom stereocenters. The van der Waals surface area contributed by atoms with Crippen LogP contribution < -0.4 is 0 Å². The Hall–Kier alpha value is -3.54. The minimum atomic E-state index is -2.24. The molecule has 0 aliphatic carbocycles. The number of fused-ring (bicyclic) bond motifs is 3. The Bertz CT molecular complexity index is 1860. The van der Waals surface area contributed by atoms with Gasteiger partial charge in [0.25, 0.3) is 0 Å². The highest BCUT2D eigenvalue weighted by molar-refractivity contribution is 5.81. The monoisotopic (exact) mass is 990 g/mol. The van der Waals surface area contributed by atoms with Crippen LogP contribution in [0.2, 0.25) is 0 Å². The minimum absolute atomic E-state index is 0.108. The Morgan fingerprint density at radius 2 is 1.33 bits per heavy atom. The Kier molecular flexibility index (Phi) is 18.9. The van der Waals surface area contributed by atoms with Crippen LogP contribution in [0.15, 0.2) is 30.3 Å². The molecule has 24 nitrogen and oxygen atoms in total. The molecule has 8 unspecified atom stereocenters. The molecule has 6 saturated heterocycles. The largest absolute Gasteiger partial charge is 0.467 e. The topological polar surface area (TPSA) is 286 Å². The SMILES string of the molecule is CCC1(C(=O)OC)O[C@@H](O[C@@H]2C(COC(C)=O)O[C@@H](O[C@H]3C(OC)[C@H]4OCC3(C(=O)OC)O[C@H]4O[C@@H]3C(CO)O[C@H](OC)C(O)[C@H]3O)C(OCc3ccccc3)[C@H]2OC(C)=O)C(OC)[C@@H](OC)[C@@H]1C. The summed E-state index contributed by atoms with van der Waals surface area (Å²) < 4.78 is 103. The zero-order chi connectivity index (χ0) is 50.4. The summed E-state index contributed by atoms with van der Waals surface area (Å²) in [5, 5.41) is 32.1. The van der Waals surface area contributed by atoms with Crippen molar-refractivity contribution in [3.8, 4) is 0 Å². The summed E-state index contributed by atoms with van der Waals surface area (Å²) in [5.41, 5.74) is -3.21. The molecule has 6 aliphatic heterocycles. The van der Waals surface area contributed by atoms with E-state index < -0.39 is 165 Å². The molecular weight excluding hydrogens is 924 g/mol. The number of aliphatic hydroxyl groups is 3. The summed E-state index contributed by atoms with van der Waals surface area (Å²) in [6.45, 7) is 3.92. The summed E-state index contributed by atoms with van der Waals surface area (Å²) in [4.78, 5) is 53.4. The first kappa shape index (κ1) is 54.8. The minimum Gasteiger partial charge on any atom is -0.467 e. The number of hydrogen-bond donors (Lipinski definition) is 3. The van der Waals surface area contributed by atoms with Crippen molar-refractivity contribution in [3.63, 3.8) is 0 Å². The second-order valence-corrected chi connectivity index (χ2v) is 17.1. The number of benzene rings is 1. The number of rotatable bonds is 20. The third-order valence-electron chi connectivity index (χ3n) is 13.3. The number of carbonyl (C=O) groups excluding carboxylic acids is 4. The fraction of sp³-hybridized carbons (Fsp3) is 0.778. The number of esters is 4. The molecular formula is C45H66O24. The molecule has 6 heterocycles. The molecule has 24 heteroatoms. The molecule has 6 aliphatic rings. The summed E-state index contributed by atoms with van der Waals surface area (Å²) in [5.74, 6) is -3.92. The molecule has 0 saturated carbocycles. The number of methoxy groups -OCH3 is 6. The molecule has 6 fully saturated rings. The van der Waals surface area contributed by atoms with E-state index in [1.165, 1.54) is 42.5 Å². The molecule has 0 spiro atoms. The van der Waals surface area contributed by atoms with Gasteiger partial charge in [0.15, 0.2) is 36.9 Å². The number of aliphatic hydroxyl groups excluding tert-OH is 3. The molecule has 2 bridgehead atoms. The molecule has 69 heavy (non-hydrogen) atoms. The van der Waals surface area contributed by atoms with Crippen molar-refractivity contribution in [3.05, 3.63) is 35.9 Å². The molecule has 0 aromatic heterocycles. The lowest BCUT2D eigenvalue weighted by atomic mass is 9.77. The summed E-state index contributed by atoms with van der Waals surface area (Å²) in [6, 6.07) is 8.93. The number of hydrogen-bond acceptors (Lipinski definition) is 24. The molecule has 7 rings (SSSR count). The van der Waals surface area contributed by atoms with Crippen LogP contribution in [-0.2, 0) is 106 Å². The van der Waals surface area contributed by atoms with E-state index in [1.807, 2.05) is 0 Å². The van der Waals surface area contributed by atoms with Crippen LogP contribution in [0.25, 0.3) is 0 Å². The first-order chi connectivity index (χ1) is 33.0. The quantitative estimate of drug-likeness (QED) is 0.105. The van der Waals surface area contributed by atoms with Crippen LogP contribution in [-0.4, -0.2) is 217 Å². The van der Waals surface area contributed by atoms with Gasteiger partial charge in [0.05, 0.1) is 40.1 Å². The lowest BCUT2D eigenvalue weighted by Gasteiger charge is -2.57. The molecule has 1 aromatic rings. The van der Waals surface area contributed by atoms with Gasteiger partial charge in [-0.15, -0.1) is 0 Å². The lowest BCUT2D eigenvalue weighted by molar-refractivity contribution is -0.431. The van der Waals surface area contributed by atoms with Crippen LogP contribution in [0.5, 0.6) is 0 Å². The first-order valence-electron chi connectivity index (χ1n) is 22.5. The van der Waals surface area contributed by atoms with Gasteiger partial charge in [-0.1, -0.05) is 44.2 Å². The third-order valence-corrected chi connectivity index (χ3v) is 13.3. The maximum Gasteiger partial charge on any atom is 0.343 e. The fourth-order valence-electron chi connectivity index (χ4n) is 9.75. The van der Waals surface area contributed by atoms with Crippen molar-refractivity contribution in [2.24, 2.45) is 5.92 Å². The van der Waals surface area contributed by atoms with Gasteiger partial charge >= 0.3 is 23.9 Å². The standard InChI is InChI=1S/C45H66O24/c1-11-44(42(51)57-9)21(2)29(53-5)34(55-7)40(68-44)66-31-26(19-59-22(3)47)64-39(35(32(31)62-23(4)48)60-18-24-15-13-12-14-16-24)67-37-33(54-6)36-41(69-45(37,20-61-36)43(52)58-10)65-30-25(17-46)63-38(56-8)28(50)27(30)49/h12-16,21,25-41,46,49-50H,11,17-20H2,1-10H3/t21-,25?,26?,27+,28?,29-,30+,31+,32-,33?,34?,35?,36+,37-,38-,39-,40+,41+,44?,45?/m0/s1. The van der Waals surface area contributed by atoms with Gasteiger partial charge in [0, 0.05) is 48.2 Å². The van der Waals surface area contributed by atoms with E-state index in [0.717, 1.165) is 14.0 Å². The zero-order valence-corrected chi connectivity index (χ0v) is 40.2. The van der Waals surface area contributed by atoms with Crippen molar-refractivity contribution in [1.82, 2.24) is 0 Å². The van der Waals surface area contributed by atoms with E-state index in [0.29, 0.717) is 5.56 Å². The van der Waals surface area contributed by atoms with Gasteiger partial charge in [-0.25, -0.2) is 9.59 Å². The van der Waals surface area contributed by atoms with Crippen molar-refractivity contribution < 1.29 is 115 Å². The Morgan fingerprint density at radius 3 is 1.91 bits per heavy atom. The third kappa shape index (κ3) is 11.0. The van der Waals surface area contributed by atoms with Gasteiger partial charge in [0.2, 0.25) is 5.60 Å². The van der Waals surface area contributed by atoms with E-state index >= 15 is 0 Å². The van der Waals surface area contributed by atoms with E-state index in [4.69, 9.17) is 80.5 Å². The summed E-state index contributed by atoms with van der Waals surface area (Å²) in [6.07, 6.45) is -23.7. The Morgan fingerprint density at radius 1 is 0.681 bits per heavy atom. The maximum atomic E-state index is 14.1. The van der Waals surface area contributed by atoms with Crippen LogP contribution in [0.3, 0.4) is 0 Å². The highest BCUT2D eigenvalue weighted by Gasteiger charge is 2.69. The second-order valence-electron chi connectivity index (χ2n) is 17.1. The van der Waals surface area contributed by atoms with E-state index in [9.17, 15) is 34.5 Å². The molecule has 0 amide bonds. The normalized spacial score (nSPS) is 40.9. The number of ether oxygens (including phenoxy) is 17. The van der Waals surface area contributed by atoms with Gasteiger partial charge in [-0.05, 0) is 12.0 Å². The van der Waals surface area contributed by atoms with Gasteiger partial charge in [-0.3, -0.25) is 9.59 Å². The van der Waals surface area contributed by atoms with Gasteiger partial charge < -0.3 is 95.8 Å². The average molecular weight is 991 g/mol. The molecule has 3 N–H and O–H groups in total. The Balaban J connectivity index is 1.42. The zero-order valence-electron chi connectivity index (χ0n) is 40.2. The van der Waals surface area contributed by atoms with Crippen LogP contribution in [0.4, 0.5) is 0 Å². The first-order valence-corrected chi connectivity index (χ1v) is 22.5. The molecule has 1 aromatic carbocycles. The molecule has 0 radical (unpaired) electrons. The smallest absolute Gasteiger partial charge is 0.343 e. The second kappa shape index (κ2) is 23.8.